The Morgan fingerprint density at radius 1 is 0.596 bits per heavy atom. The van der Waals surface area contributed by atoms with Crippen LogP contribution in [0.1, 0.15) is 201 Å². The summed E-state index contributed by atoms with van der Waals surface area (Å²) in [5.74, 6) is -15.0. The third kappa shape index (κ3) is 29.7. The van der Waals surface area contributed by atoms with Gasteiger partial charge >= 0.3 is 5.97 Å². The zero-order chi connectivity index (χ0) is 82.6. The number of allylic oxidation sites excluding steroid dienone is 1. The van der Waals surface area contributed by atoms with E-state index in [9.17, 15) is 57.8 Å². The van der Waals surface area contributed by atoms with Crippen LogP contribution in [-0.2, 0) is 78.3 Å². The number of quaternary nitrogens is 1. The van der Waals surface area contributed by atoms with E-state index < -0.39 is 203 Å². The molecular formula is C79H133N14O16+. The molecule has 0 spiro atoms. The van der Waals surface area contributed by atoms with Gasteiger partial charge in [-0.05, 0) is 112 Å². The number of carbonyl (C=O) groups is 14. The third-order valence-corrected chi connectivity index (χ3v) is 20.5. The van der Waals surface area contributed by atoms with Crippen molar-refractivity contribution in [3.8, 4) is 0 Å². The van der Waals surface area contributed by atoms with Crippen molar-refractivity contribution in [2.45, 2.75) is 287 Å². The Hall–Kier alpha value is -8.54. The van der Waals surface area contributed by atoms with Crippen LogP contribution >= 0.6 is 0 Å². The van der Waals surface area contributed by atoms with E-state index in [4.69, 9.17) is 4.74 Å². The summed E-state index contributed by atoms with van der Waals surface area (Å²) < 4.78 is 6.59. The maximum absolute atomic E-state index is 15.2. The molecule has 1 aromatic rings. The summed E-state index contributed by atoms with van der Waals surface area (Å²) in [5.41, 5.74) is 0.380. The Balaban J connectivity index is 2.06. The molecule has 13 N–H and O–H groups in total. The van der Waals surface area contributed by atoms with Crippen molar-refractivity contribution in [3.63, 3.8) is 0 Å². The Kier molecular flexibility index (Phi) is 39.0. The highest BCUT2D eigenvalue weighted by atomic mass is 16.5. The first-order chi connectivity index (χ1) is 50.9. The van der Waals surface area contributed by atoms with Crippen molar-refractivity contribution in [2.24, 2.45) is 47.3 Å². The van der Waals surface area contributed by atoms with Gasteiger partial charge in [0, 0.05) is 19.4 Å². The normalized spacial score (nSPS) is 22.6. The Morgan fingerprint density at radius 2 is 1.14 bits per heavy atom. The van der Waals surface area contributed by atoms with Crippen LogP contribution < -0.4 is 63.8 Å². The zero-order valence-electron chi connectivity index (χ0n) is 68.8. The predicted octanol–water partition coefficient (Wildman–Crippen LogP) is 2.97. The van der Waals surface area contributed by atoms with E-state index >= 15 is 14.4 Å². The smallest absolute Gasteiger partial charge is 0.329 e. The van der Waals surface area contributed by atoms with Gasteiger partial charge < -0.3 is 83.0 Å². The molecule has 2 fully saturated rings. The largest absolute Gasteiger partial charge is 0.458 e. The summed E-state index contributed by atoms with van der Waals surface area (Å²) >= 11 is 0. The van der Waals surface area contributed by atoms with Crippen LogP contribution in [0.15, 0.2) is 42.1 Å². The molecule has 2 saturated heterocycles. The molecule has 2 aliphatic rings. The minimum absolute atomic E-state index is 0.0326. The van der Waals surface area contributed by atoms with Crippen LogP contribution in [0.25, 0.3) is 0 Å². The van der Waals surface area contributed by atoms with E-state index in [-0.39, 0.29) is 56.2 Å². The number of aliphatic hydroxyl groups excluding tert-OH is 1. The fourth-order valence-electron chi connectivity index (χ4n) is 12.7. The predicted molar refractivity (Wildman–Crippen MR) is 414 cm³/mol. The number of cyclic esters (lactones) is 1. The number of rotatable bonds is 35. The van der Waals surface area contributed by atoms with Crippen molar-refractivity contribution in [2.75, 3.05) is 34.2 Å². The van der Waals surface area contributed by atoms with Gasteiger partial charge in [0.1, 0.15) is 84.3 Å². The van der Waals surface area contributed by atoms with Gasteiger partial charge in [-0.15, -0.1) is 0 Å². The highest BCUT2D eigenvalue weighted by Gasteiger charge is 2.45. The van der Waals surface area contributed by atoms with E-state index in [0.717, 1.165) is 6.42 Å². The number of carbonyl (C=O) groups excluding carboxylic acids is 14. The van der Waals surface area contributed by atoms with Gasteiger partial charge in [0.15, 0.2) is 0 Å². The molecule has 17 atom stereocenters. The Labute approximate surface area is 646 Å². The van der Waals surface area contributed by atoms with Gasteiger partial charge in [-0.1, -0.05) is 166 Å². The first-order valence-electron chi connectivity index (χ1n) is 39.3. The van der Waals surface area contributed by atoms with E-state index in [1.165, 1.54) is 31.7 Å². The molecule has 3 rings (SSSR count). The van der Waals surface area contributed by atoms with E-state index in [2.05, 4.69) is 63.8 Å². The number of ether oxygens (including phenoxy) is 1. The molecule has 30 nitrogen and oxygen atoms in total. The van der Waals surface area contributed by atoms with Crippen molar-refractivity contribution in [1.82, 2.24) is 68.7 Å². The maximum atomic E-state index is 15.2. The molecule has 0 aliphatic carbocycles. The van der Waals surface area contributed by atoms with Crippen LogP contribution in [0.3, 0.4) is 0 Å². The highest BCUT2D eigenvalue weighted by Crippen LogP contribution is 2.24. The lowest BCUT2D eigenvalue weighted by atomic mass is 9.95. The quantitative estimate of drug-likeness (QED) is 0.0201. The number of hydrogen-bond acceptors (Lipinski definition) is 16. The van der Waals surface area contributed by atoms with Crippen molar-refractivity contribution in [3.05, 3.63) is 47.7 Å². The summed E-state index contributed by atoms with van der Waals surface area (Å²) in [7, 11) is 6.00. The fourth-order valence-corrected chi connectivity index (χ4v) is 12.7. The number of unbranched alkanes of at least 4 members (excludes halogenated alkanes) is 1. The van der Waals surface area contributed by atoms with Gasteiger partial charge in [-0.3, -0.25) is 62.3 Å². The summed E-state index contributed by atoms with van der Waals surface area (Å²) in [6, 6.07) is -7.52. The summed E-state index contributed by atoms with van der Waals surface area (Å²) in [6.45, 7) is 32.6. The second-order valence-electron chi connectivity index (χ2n) is 32.5. The summed E-state index contributed by atoms with van der Waals surface area (Å²) in [5, 5.41) is 43.6. The highest BCUT2D eigenvalue weighted by molar-refractivity contribution is 6.03. The number of amides is 13. The van der Waals surface area contributed by atoms with Crippen molar-refractivity contribution >= 4 is 82.8 Å². The van der Waals surface area contributed by atoms with Crippen molar-refractivity contribution < 1.29 is 81.4 Å². The molecule has 13 amide bonds. The molecule has 2 heterocycles. The monoisotopic (exact) mass is 1530 g/mol. The lowest BCUT2D eigenvalue weighted by Crippen LogP contribution is -2.64. The lowest BCUT2D eigenvalue weighted by Gasteiger charge is -2.34. The van der Waals surface area contributed by atoms with Crippen LogP contribution in [0.5, 0.6) is 0 Å². The van der Waals surface area contributed by atoms with E-state index in [0.29, 0.717) is 48.7 Å². The molecule has 2 aliphatic heterocycles. The molecule has 0 unspecified atom stereocenters. The molecule has 0 radical (unpaired) electrons. The van der Waals surface area contributed by atoms with Crippen LogP contribution in [0.2, 0.25) is 0 Å². The second-order valence-corrected chi connectivity index (χ2v) is 32.5. The maximum Gasteiger partial charge on any atom is 0.329 e. The van der Waals surface area contributed by atoms with Crippen LogP contribution in [0, 0.1) is 47.3 Å². The number of aliphatic hydroxyl groups is 1. The van der Waals surface area contributed by atoms with E-state index in [1.54, 1.807) is 127 Å². The number of benzene rings is 1. The second kappa shape index (κ2) is 45.0. The average Bonchev–Trinajstić information content (AvgIpc) is 1.79. The minimum Gasteiger partial charge on any atom is -0.458 e. The van der Waals surface area contributed by atoms with E-state index in [1.807, 2.05) is 35.0 Å². The lowest BCUT2D eigenvalue weighted by molar-refractivity contribution is -0.870. The van der Waals surface area contributed by atoms with Gasteiger partial charge in [0.25, 0.3) is 5.91 Å². The molecular weight excluding hydrogens is 1400 g/mol. The fraction of sp³-hybridized carbons (Fsp3) is 0.722. The van der Waals surface area contributed by atoms with Crippen LogP contribution in [0.4, 0.5) is 0 Å². The summed E-state index contributed by atoms with van der Waals surface area (Å²) in [6.07, 6.45) is 2.09. The van der Waals surface area contributed by atoms with Gasteiger partial charge in [-0.2, -0.15) is 0 Å². The zero-order valence-corrected chi connectivity index (χ0v) is 68.8. The molecule has 109 heavy (non-hydrogen) atoms. The first-order valence-corrected chi connectivity index (χ1v) is 39.3. The topological polar surface area (TPSA) is 416 Å². The molecule has 0 aromatic heterocycles. The van der Waals surface area contributed by atoms with Crippen LogP contribution in [-0.4, -0.2) is 216 Å². The Bertz CT molecular complexity index is 3280. The number of nitrogens with one attached hydrogen (secondary N) is 12. The Morgan fingerprint density at radius 3 is 1.67 bits per heavy atom. The molecule has 1 aromatic carbocycles. The molecule has 30 heteroatoms. The average molecular weight is 1540 g/mol. The molecule has 614 valence electrons. The molecule has 0 saturated carbocycles. The number of hydrogen-bond donors (Lipinski definition) is 13. The standard InChI is InChI=1S/C79H132N14O16/c1-23-47(15)37-38-57(95)83-58(42(5)6)72(101)90-65(50(18)94)76(105)85-60(44(9)10)73(102)86-61(45(11)12)78(107)92-39-32-36-56(92)70(99)81-54(35-30-31-40-93(20,21)22)68(97)88-63(48(16)24-2)75(104)91-66-51(19)109-79(108)62(46(13)14)87-67(96)53(26-4)80-69(98)55(41-52-33-28-27-29-34-52)82-71(100)59(43(7)8)84-74(103)64(49(17)25-3)89-77(66)106/h26-29,33-34,42-51,54-56,58-66,94H,23-25,30-32,35-41H2,1-22H3,(H11-,80,81,82,83,84,85,86,87,88,89,90,91,95,96,97,98,99,100,101,102,103,104,105,106)/p+1/b53-26-/t47-,48-,49-,50+,51+,54-,55-,56+,58+,59+,60-,61+,62-,63+,64+,65-,66+/m0/s1. The summed E-state index contributed by atoms with van der Waals surface area (Å²) in [4.78, 5) is 204. The first kappa shape index (κ1) is 94.7. The third-order valence-electron chi connectivity index (χ3n) is 20.5. The van der Waals surface area contributed by atoms with Gasteiger partial charge in [0.05, 0.1) is 33.8 Å². The number of likely N-dealkylation sites (tertiary alicyclic amines) is 1. The van der Waals surface area contributed by atoms with Crippen molar-refractivity contribution in [1.29, 1.82) is 0 Å². The SMILES string of the molecule is C/C=C1\NC(=O)[C@H](Cc2ccccc2)NC(=O)[C@@H](C(C)C)NC(=O)[C@@H]([C@@H](C)CC)NC(=O)[C@H](NC(=O)[C@H](NC(=O)[C@H](CCCC[N+](C)(C)C)NC(=O)[C@H]2CCCN2C(=O)[C@H](NC(=O)[C@@H](NC(=O)[C@@H](NC(=O)[C@H](NC(=O)CC[C@@H](C)CC)C(C)C)[C@@H](C)O)C(C)C)C(C)C)[C@@H](C)CC)[C@@H](C)OC(=O)[C@H](C(C)C)NC1=O. The van der Waals surface area contributed by atoms with Gasteiger partial charge in [0.2, 0.25) is 70.9 Å². The molecule has 0 bridgehead atoms. The minimum atomic E-state index is -1.82. The van der Waals surface area contributed by atoms with Gasteiger partial charge in [-0.25, -0.2) is 4.79 Å². The number of esters is 1. The number of nitrogens with zero attached hydrogens (tertiary/aromatic N) is 2.